The molecule has 5 aromatic rings. The number of H-pyrrole nitrogens is 1. The number of nitrogens with zero attached hydrogens (tertiary/aromatic N) is 1. The number of thiophene rings is 1. The summed E-state index contributed by atoms with van der Waals surface area (Å²) in [5.41, 5.74) is 1.36. The molecular weight excluding hydrogens is 523 g/mol. The Labute approximate surface area is 217 Å². The van der Waals surface area contributed by atoms with E-state index in [1.807, 2.05) is 6.07 Å². The number of alkyl halides is 3. The van der Waals surface area contributed by atoms with Crippen LogP contribution in [0.5, 0.6) is 0 Å². The van der Waals surface area contributed by atoms with Crippen LogP contribution in [0.4, 0.5) is 18.9 Å². The number of imidazole rings is 1. The van der Waals surface area contributed by atoms with Crippen LogP contribution in [-0.4, -0.2) is 21.7 Å². The van der Waals surface area contributed by atoms with Gasteiger partial charge < -0.3 is 10.3 Å². The zero-order valence-corrected chi connectivity index (χ0v) is 20.5. The highest BCUT2D eigenvalue weighted by atomic mass is 35.5. The number of ketones is 1. The molecule has 0 spiro atoms. The lowest BCUT2D eigenvalue weighted by Gasteiger charge is -2.11. The molecule has 5 rings (SSSR count). The standard InChI is InChI=1S/C27H17ClF3N3O2S/c28-23-12-10-18(37-23)14-24(35)32-17-9-11-21-22(13-17)34-26(33-21)16-7-5-15(6-8-16)25(36)19-3-1-2-4-20(19)27(29,30)31/h1-13H,14H2,(H,32,35)(H,33,34). The first-order valence-electron chi connectivity index (χ1n) is 11.0. The Kier molecular flexibility index (Phi) is 6.57. The fourth-order valence-corrected chi connectivity index (χ4v) is 4.98. The van der Waals surface area contributed by atoms with Crippen molar-refractivity contribution in [2.45, 2.75) is 12.6 Å². The second-order valence-corrected chi connectivity index (χ2v) is 10.00. The predicted molar refractivity (Wildman–Crippen MR) is 138 cm³/mol. The van der Waals surface area contributed by atoms with E-state index in [1.165, 1.54) is 41.7 Å². The van der Waals surface area contributed by atoms with Gasteiger partial charge in [-0.05, 0) is 36.4 Å². The molecule has 0 radical (unpaired) electrons. The molecule has 0 fully saturated rings. The monoisotopic (exact) mass is 539 g/mol. The van der Waals surface area contributed by atoms with Crippen molar-refractivity contribution in [2.75, 3.05) is 5.32 Å². The Morgan fingerprint density at radius 2 is 1.73 bits per heavy atom. The van der Waals surface area contributed by atoms with Crippen LogP contribution in [0.25, 0.3) is 22.4 Å². The second-order valence-electron chi connectivity index (χ2n) is 8.20. The topological polar surface area (TPSA) is 74.8 Å². The molecule has 186 valence electrons. The van der Waals surface area contributed by atoms with Crippen LogP contribution in [-0.2, 0) is 17.4 Å². The summed E-state index contributed by atoms with van der Waals surface area (Å²) in [5.74, 6) is -0.374. The molecule has 0 unspecified atom stereocenters. The Morgan fingerprint density at radius 3 is 2.43 bits per heavy atom. The van der Waals surface area contributed by atoms with Crippen molar-refractivity contribution in [1.82, 2.24) is 9.97 Å². The van der Waals surface area contributed by atoms with Crippen LogP contribution in [0.2, 0.25) is 4.34 Å². The first-order chi connectivity index (χ1) is 17.7. The molecule has 0 atom stereocenters. The number of amides is 1. The van der Waals surface area contributed by atoms with Gasteiger partial charge >= 0.3 is 6.18 Å². The van der Waals surface area contributed by atoms with Gasteiger partial charge in [-0.25, -0.2) is 4.98 Å². The maximum atomic E-state index is 13.3. The zero-order chi connectivity index (χ0) is 26.2. The van der Waals surface area contributed by atoms with Crippen molar-refractivity contribution in [2.24, 2.45) is 0 Å². The van der Waals surface area contributed by atoms with Gasteiger partial charge in [0.25, 0.3) is 0 Å². The number of hydrogen-bond acceptors (Lipinski definition) is 4. The Bertz CT molecular complexity index is 1620. The van der Waals surface area contributed by atoms with E-state index >= 15 is 0 Å². The molecule has 5 nitrogen and oxygen atoms in total. The van der Waals surface area contributed by atoms with Crippen molar-refractivity contribution < 1.29 is 22.8 Å². The number of halogens is 4. The molecule has 10 heteroatoms. The van der Waals surface area contributed by atoms with Gasteiger partial charge in [0.05, 0.1) is 27.4 Å². The Hall–Kier alpha value is -3.95. The van der Waals surface area contributed by atoms with Crippen molar-refractivity contribution in [1.29, 1.82) is 0 Å². The van der Waals surface area contributed by atoms with Crippen LogP contribution in [0.3, 0.4) is 0 Å². The number of carbonyl (C=O) groups is 2. The van der Waals surface area contributed by atoms with Gasteiger partial charge in [-0.3, -0.25) is 9.59 Å². The average molecular weight is 540 g/mol. The maximum Gasteiger partial charge on any atom is 0.417 e. The normalized spacial score (nSPS) is 11.6. The quantitative estimate of drug-likeness (QED) is 0.221. The molecule has 1 amide bonds. The zero-order valence-electron chi connectivity index (χ0n) is 18.9. The van der Waals surface area contributed by atoms with Crippen molar-refractivity contribution in [3.63, 3.8) is 0 Å². The summed E-state index contributed by atoms with van der Waals surface area (Å²) in [6, 6.07) is 19.7. The molecule has 3 aromatic carbocycles. The van der Waals surface area contributed by atoms with E-state index in [0.717, 1.165) is 10.9 Å². The van der Waals surface area contributed by atoms with Gasteiger partial charge in [-0.2, -0.15) is 13.2 Å². The summed E-state index contributed by atoms with van der Waals surface area (Å²) < 4.78 is 40.6. The molecule has 2 heterocycles. The minimum absolute atomic E-state index is 0.133. The van der Waals surface area contributed by atoms with Crippen LogP contribution < -0.4 is 5.32 Å². The van der Waals surface area contributed by atoms with E-state index in [9.17, 15) is 22.8 Å². The Balaban J connectivity index is 1.33. The third-order valence-corrected chi connectivity index (χ3v) is 6.86. The minimum atomic E-state index is -4.63. The Morgan fingerprint density at radius 1 is 0.973 bits per heavy atom. The number of aromatic amines is 1. The summed E-state index contributed by atoms with van der Waals surface area (Å²) in [5, 5.41) is 2.85. The average Bonchev–Trinajstić information content (AvgIpc) is 3.48. The summed E-state index contributed by atoms with van der Waals surface area (Å²) in [4.78, 5) is 33.7. The molecule has 37 heavy (non-hydrogen) atoms. The number of anilines is 1. The lowest BCUT2D eigenvalue weighted by Crippen LogP contribution is -2.13. The van der Waals surface area contributed by atoms with Crippen molar-refractivity contribution in [3.05, 3.63) is 105 Å². The number of rotatable bonds is 6. The van der Waals surface area contributed by atoms with Gasteiger partial charge in [0.1, 0.15) is 5.82 Å². The number of benzene rings is 3. The molecule has 0 aliphatic rings. The van der Waals surface area contributed by atoms with Crippen LogP contribution in [0, 0.1) is 0 Å². The fourth-order valence-electron chi connectivity index (χ4n) is 3.90. The van der Waals surface area contributed by atoms with Crippen LogP contribution in [0.1, 0.15) is 26.4 Å². The van der Waals surface area contributed by atoms with E-state index in [4.69, 9.17) is 11.6 Å². The van der Waals surface area contributed by atoms with Gasteiger partial charge in [-0.15, -0.1) is 11.3 Å². The van der Waals surface area contributed by atoms with Crippen LogP contribution in [0.15, 0.2) is 78.9 Å². The number of fused-ring (bicyclic) bond motifs is 1. The number of aromatic nitrogens is 2. The predicted octanol–water partition coefficient (Wildman–Crippen LogP) is 7.38. The second kappa shape index (κ2) is 9.84. The highest BCUT2D eigenvalue weighted by Gasteiger charge is 2.35. The molecule has 0 aliphatic carbocycles. The molecule has 0 bridgehead atoms. The largest absolute Gasteiger partial charge is 0.417 e. The van der Waals surface area contributed by atoms with Crippen LogP contribution >= 0.6 is 22.9 Å². The van der Waals surface area contributed by atoms with E-state index in [0.29, 0.717) is 32.4 Å². The van der Waals surface area contributed by atoms with Crippen molar-refractivity contribution >= 4 is 51.3 Å². The number of carbonyl (C=O) groups excluding carboxylic acids is 2. The third kappa shape index (κ3) is 5.42. The smallest absolute Gasteiger partial charge is 0.338 e. The molecule has 2 N–H and O–H groups in total. The minimum Gasteiger partial charge on any atom is -0.338 e. The maximum absolute atomic E-state index is 13.3. The van der Waals surface area contributed by atoms with E-state index < -0.39 is 23.1 Å². The molecule has 2 aromatic heterocycles. The lowest BCUT2D eigenvalue weighted by molar-refractivity contribution is -0.137. The third-order valence-electron chi connectivity index (χ3n) is 5.63. The highest BCUT2D eigenvalue weighted by molar-refractivity contribution is 7.16. The van der Waals surface area contributed by atoms with E-state index in [-0.39, 0.29) is 17.9 Å². The molecule has 0 aliphatic heterocycles. The molecular formula is C27H17ClF3N3O2S. The highest BCUT2D eigenvalue weighted by Crippen LogP contribution is 2.33. The van der Waals surface area contributed by atoms with E-state index in [2.05, 4.69) is 15.3 Å². The SMILES string of the molecule is O=C(Cc1ccc(Cl)s1)Nc1ccc2nc(-c3ccc(C(=O)c4ccccc4C(F)(F)F)cc3)[nH]c2c1. The number of nitrogens with one attached hydrogen (secondary N) is 2. The van der Waals surface area contributed by atoms with Gasteiger partial charge in [0.15, 0.2) is 5.78 Å². The fraction of sp³-hybridized carbons (Fsp3) is 0.0741. The van der Waals surface area contributed by atoms with Gasteiger partial charge in [0.2, 0.25) is 5.91 Å². The van der Waals surface area contributed by atoms with Crippen molar-refractivity contribution in [3.8, 4) is 11.4 Å². The van der Waals surface area contributed by atoms with Gasteiger partial charge in [-0.1, -0.05) is 54.1 Å². The molecule has 0 saturated heterocycles. The first kappa shape index (κ1) is 24.7. The lowest BCUT2D eigenvalue weighted by atomic mass is 9.97. The number of hydrogen-bond donors (Lipinski definition) is 2. The summed E-state index contributed by atoms with van der Waals surface area (Å²) in [7, 11) is 0. The first-order valence-corrected chi connectivity index (χ1v) is 12.2. The summed E-state index contributed by atoms with van der Waals surface area (Å²) in [6.07, 6.45) is -4.42. The van der Waals surface area contributed by atoms with Gasteiger partial charge in [0, 0.05) is 27.3 Å². The summed E-state index contributed by atoms with van der Waals surface area (Å²) >= 11 is 7.27. The summed E-state index contributed by atoms with van der Waals surface area (Å²) in [6.45, 7) is 0. The van der Waals surface area contributed by atoms with E-state index in [1.54, 1.807) is 36.4 Å². The molecule has 0 saturated carbocycles.